The Bertz CT molecular complexity index is 619. The second-order valence-corrected chi connectivity index (χ2v) is 4.78. The number of amides is 1. The molecule has 0 saturated heterocycles. The average molecular weight is 274 g/mol. The molecule has 0 radical (unpaired) electrons. The normalized spacial score (nSPS) is 10.7. The zero-order chi connectivity index (χ0) is 14.7. The molecule has 7 heteroatoms. The van der Waals surface area contributed by atoms with E-state index in [4.69, 9.17) is 5.84 Å². The van der Waals surface area contributed by atoms with Crippen LogP contribution in [0.1, 0.15) is 35.9 Å². The molecule has 2 aromatic rings. The van der Waals surface area contributed by atoms with Crippen LogP contribution in [0, 0.1) is 6.92 Å². The Morgan fingerprint density at radius 1 is 1.40 bits per heavy atom. The van der Waals surface area contributed by atoms with Gasteiger partial charge in [-0.15, -0.1) is 0 Å². The summed E-state index contributed by atoms with van der Waals surface area (Å²) >= 11 is 0. The Morgan fingerprint density at radius 3 is 2.75 bits per heavy atom. The summed E-state index contributed by atoms with van der Waals surface area (Å²) in [4.78, 5) is 16.3. The minimum Gasteiger partial charge on any atom is -0.319 e. The van der Waals surface area contributed by atoms with E-state index in [1.807, 2.05) is 13.8 Å². The number of carbonyl (C=O) groups is 1. The quantitative estimate of drug-likeness (QED) is 0.582. The monoisotopic (exact) mass is 274 g/mol. The molecule has 0 atom stereocenters. The molecule has 2 heterocycles. The second-order valence-electron chi connectivity index (χ2n) is 4.78. The van der Waals surface area contributed by atoms with Crippen molar-refractivity contribution in [1.82, 2.24) is 14.8 Å². The van der Waals surface area contributed by atoms with E-state index in [1.54, 1.807) is 36.1 Å². The number of hydrazine groups is 1. The van der Waals surface area contributed by atoms with Crippen molar-refractivity contribution in [2.45, 2.75) is 26.8 Å². The molecule has 0 aliphatic carbocycles. The highest BCUT2D eigenvalue weighted by atomic mass is 16.1. The highest BCUT2D eigenvalue weighted by molar-refractivity contribution is 6.04. The molecular weight excluding hydrogens is 256 g/mol. The van der Waals surface area contributed by atoms with Gasteiger partial charge in [0.05, 0.1) is 11.9 Å². The zero-order valence-corrected chi connectivity index (χ0v) is 11.7. The summed E-state index contributed by atoms with van der Waals surface area (Å²) in [5.41, 5.74) is 4.29. The average Bonchev–Trinajstić information content (AvgIpc) is 2.86. The van der Waals surface area contributed by atoms with E-state index in [9.17, 15) is 4.79 Å². The minimum atomic E-state index is -0.227. The number of hydrogen-bond donors (Lipinski definition) is 3. The Balaban J connectivity index is 2.16. The Hall–Kier alpha value is -2.41. The molecule has 4 N–H and O–H groups in total. The first-order valence-electron chi connectivity index (χ1n) is 6.30. The van der Waals surface area contributed by atoms with Crippen molar-refractivity contribution >= 4 is 17.4 Å². The molecule has 0 saturated carbocycles. The summed E-state index contributed by atoms with van der Waals surface area (Å²) in [6.45, 7) is 5.84. The summed E-state index contributed by atoms with van der Waals surface area (Å²) in [5.74, 6) is 5.54. The Kier molecular flexibility index (Phi) is 3.99. The van der Waals surface area contributed by atoms with Crippen LogP contribution in [0.25, 0.3) is 0 Å². The lowest BCUT2D eigenvalue weighted by atomic mass is 10.2. The number of nitrogens with one attached hydrogen (secondary N) is 2. The summed E-state index contributed by atoms with van der Waals surface area (Å²) in [6, 6.07) is 3.54. The van der Waals surface area contributed by atoms with E-state index in [0.717, 1.165) is 0 Å². The van der Waals surface area contributed by atoms with E-state index < -0.39 is 0 Å². The summed E-state index contributed by atoms with van der Waals surface area (Å²) in [7, 11) is 0. The predicted molar refractivity (Wildman–Crippen MR) is 77.3 cm³/mol. The van der Waals surface area contributed by atoms with Crippen molar-refractivity contribution in [2.24, 2.45) is 5.84 Å². The van der Waals surface area contributed by atoms with Crippen LogP contribution in [0.5, 0.6) is 0 Å². The third-order valence-corrected chi connectivity index (χ3v) is 2.75. The van der Waals surface area contributed by atoms with Crippen molar-refractivity contribution < 1.29 is 4.79 Å². The SMILES string of the molecule is Cc1cc(C(=O)Nc2cnn(C(C)C)c2)cc(NN)n1. The highest BCUT2D eigenvalue weighted by Crippen LogP contribution is 2.14. The fraction of sp³-hybridized carbons (Fsp3) is 0.308. The second kappa shape index (κ2) is 5.70. The third-order valence-electron chi connectivity index (χ3n) is 2.75. The minimum absolute atomic E-state index is 0.227. The smallest absolute Gasteiger partial charge is 0.255 e. The highest BCUT2D eigenvalue weighted by Gasteiger charge is 2.10. The molecule has 0 aromatic carbocycles. The maximum Gasteiger partial charge on any atom is 0.255 e. The third kappa shape index (κ3) is 3.12. The molecule has 2 rings (SSSR count). The van der Waals surface area contributed by atoms with Gasteiger partial charge in [0.1, 0.15) is 5.82 Å². The van der Waals surface area contributed by atoms with Crippen LogP contribution in [-0.2, 0) is 0 Å². The zero-order valence-electron chi connectivity index (χ0n) is 11.7. The van der Waals surface area contributed by atoms with E-state index >= 15 is 0 Å². The number of hydrogen-bond acceptors (Lipinski definition) is 5. The van der Waals surface area contributed by atoms with Crippen molar-refractivity contribution in [1.29, 1.82) is 0 Å². The molecule has 0 fully saturated rings. The lowest BCUT2D eigenvalue weighted by Crippen LogP contribution is -2.15. The number of nitrogens with zero attached hydrogens (tertiary/aromatic N) is 3. The first-order valence-corrected chi connectivity index (χ1v) is 6.30. The van der Waals surface area contributed by atoms with Crippen LogP contribution >= 0.6 is 0 Å². The molecule has 20 heavy (non-hydrogen) atoms. The number of carbonyl (C=O) groups excluding carboxylic acids is 1. The molecule has 7 nitrogen and oxygen atoms in total. The van der Waals surface area contributed by atoms with Crippen molar-refractivity contribution in [3.8, 4) is 0 Å². The van der Waals surface area contributed by atoms with Crippen LogP contribution in [0.2, 0.25) is 0 Å². The predicted octanol–water partition coefficient (Wildman–Crippen LogP) is 1.71. The number of anilines is 2. The molecule has 2 aromatic heterocycles. The van der Waals surface area contributed by atoms with E-state index in [0.29, 0.717) is 22.8 Å². The Morgan fingerprint density at radius 2 is 2.15 bits per heavy atom. The molecule has 1 amide bonds. The topological polar surface area (TPSA) is 97.9 Å². The van der Waals surface area contributed by atoms with Gasteiger partial charge in [-0.05, 0) is 32.9 Å². The van der Waals surface area contributed by atoms with Gasteiger partial charge >= 0.3 is 0 Å². The number of aryl methyl sites for hydroxylation is 1. The number of nitrogens with two attached hydrogens (primary N) is 1. The Labute approximate surface area is 117 Å². The van der Waals surface area contributed by atoms with Crippen molar-refractivity contribution in [3.63, 3.8) is 0 Å². The van der Waals surface area contributed by atoms with E-state index in [1.165, 1.54) is 0 Å². The van der Waals surface area contributed by atoms with Gasteiger partial charge in [0.25, 0.3) is 5.91 Å². The van der Waals surface area contributed by atoms with Gasteiger partial charge in [0, 0.05) is 23.5 Å². The van der Waals surface area contributed by atoms with Crippen LogP contribution < -0.4 is 16.6 Å². The van der Waals surface area contributed by atoms with Gasteiger partial charge in [-0.25, -0.2) is 10.8 Å². The largest absolute Gasteiger partial charge is 0.319 e. The molecule has 0 spiro atoms. The number of rotatable bonds is 4. The van der Waals surface area contributed by atoms with Crippen molar-refractivity contribution in [3.05, 3.63) is 35.8 Å². The maximum atomic E-state index is 12.2. The molecule has 0 unspecified atom stereocenters. The van der Waals surface area contributed by atoms with E-state index in [2.05, 4.69) is 20.8 Å². The first-order chi connectivity index (χ1) is 9.49. The summed E-state index contributed by atoms with van der Waals surface area (Å²) in [5, 5.41) is 6.96. The lowest BCUT2D eigenvalue weighted by molar-refractivity contribution is 0.102. The molecule has 0 aliphatic rings. The van der Waals surface area contributed by atoms with Crippen LogP contribution in [0.15, 0.2) is 24.5 Å². The first kappa shape index (κ1) is 14.0. The number of nitrogen functional groups attached to an aromatic ring is 1. The molecule has 106 valence electrons. The molecule has 0 aliphatic heterocycles. The number of pyridine rings is 1. The van der Waals surface area contributed by atoms with E-state index in [-0.39, 0.29) is 11.9 Å². The van der Waals surface area contributed by atoms with Gasteiger partial charge in [-0.1, -0.05) is 0 Å². The summed E-state index contributed by atoms with van der Waals surface area (Å²) < 4.78 is 1.78. The van der Waals surface area contributed by atoms with Gasteiger partial charge in [-0.2, -0.15) is 5.10 Å². The fourth-order valence-corrected chi connectivity index (χ4v) is 1.76. The van der Waals surface area contributed by atoms with Crippen LogP contribution in [0.4, 0.5) is 11.5 Å². The van der Waals surface area contributed by atoms with Gasteiger partial charge in [0.15, 0.2) is 0 Å². The van der Waals surface area contributed by atoms with Gasteiger partial charge in [0.2, 0.25) is 0 Å². The molecular formula is C13H18N6O. The van der Waals surface area contributed by atoms with Crippen LogP contribution in [-0.4, -0.2) is 20.7 Å². The standard InChI is InChI=1S/C13H18N6O/c1-8(2)19-7-11(6-15-19)17-13(20)10-4-9(3)16-12(5-10)18-14/h4-8H,14H2,1-3H3,(H,16,18)(H,17,20). The van der Waals surface area contributed by atoms with Gasteiger partial charge in [-0.3, -0.25) is 9.48 Å². The number of aromatic nitrogens is 3. The fourth-order valence-electron chi connectivity index (χ4n) is 1.76. The molecule has 0 bridgehead atoms. The van der Waals surface area contributed by atoms with Crippen molar-refractivity contribution in [2.75, 3.05) is 10.7 Å². The maximum absolute atomic E-state index is 12.2. The van der Waals surface area contributed by atoms with Crippen LogP contribution in [0.3, 0.4) is 0 Å². The lowest BCUT2D eigenvalue weighted by Gasteiger charge is -2.06. The van der Waals surface area contributed by atoms with Gasteiger partial charge < -0.3 is 10.7 Å². The summed E-state index contributed by atoms with van der Waals surface area (Å²) in [6.07, 6.45) is 3.41.